The van der Waals surface area contributed by atoms with Crippen LogP contribution in [-0.4, -0.2) is 22.4 Å². The van der Waals surface area contributed by atoms with Gasteiger partial charge in [-0.2, -0.15) is 5.10 Å². The first kappa shape index (κ1) is 14.6. The number of nitrogens with zero attached hydrogens (tertiary/aromatic N) is 2. The van der Waals surface area contributed by atoms with E-state index in [1.54, 1.807) is 0 Å². The number of hydrogen-bond acceptors (Lipinski definition) is 2. The summed E-state index contributed by atoms with van der Waals surface area (Å²) in [5, 5.41) is 8.27. The highest BCUT2D eigenvalue weighted by molar-refractivity contribution is 5.12. The zero-order valence-electron chi connectivity index (χ0n) is 13.0. The Balaban J connectivity index is 1.91. The molecule has 0 amide bonds. The van der Waals surface area contributed by atoms with Crippen molar-refractivity contribution in [2.45, 2.75) is 72.4 Å². The zero-order valence-corrected chi connectivity index (χ0v) is 13.0. The highest BCUT2D eigenvalue weighted by atomic mass is 15.3. The van der Waals surface area contributed by atoms with E-state index < -0.39 is 0 Å². The van der Waals surface area contributed by atoms with Gasteiger partial charge in [-0.05, 0) is 57.1 Å². The largest absolute Gasteiger partial charge is 0.314 e. The van der Waals surface area contributed by atoms with E-state index in [1.165, 1.54) is 30.7 Å². The monoisotopic (exact) mass is 263 g/mol. The highest BCUT2D eigenvalue weighted by Crippen LogP contribution is 2.27. The van der Waals surface area contributed by atoms with E-state index in [0.29, 0.717) is 5.41 Å². The number of hydrogen-bond donors (Lipinski definition) is 1. The predicted octanol–water partition coefficient (Wildman–Crippen LogP) is 3.18. The first-order valence-corrected chi connectivity index (χ1v) is 7.83. The van der Waals surface area contributed by atoms with Gasteiger partial charge in [0.2, 0.25) is 0 Å². The average molecular weight is 263 g/mol. The fraction of sp³-hybridized carbons (Fsp3) is 0.812. The van der Waals surface area contributed by atoms with Gasteiger partial charge >= 0.3 is 0 Å². The topological polar surface area (TPSA) is 29.9 Å². The van der Waals surface area contributed by atoms with Crippen LogP contribution < -0.4 is 5.32 Å². The third kappa shape index (κ3) is 4.34. The molecule has 0 aromatic carbocycles. The Labute approximate surface area is 117 Å². The summed E-state index contributed by atoms with van der Waals surface area (Å²) in [5.74, 6) is 0. The summed E-state index contributed by atoms with van der Waals surface area (Å²) >= 11 is 0. The predicted molar refractivity (Wildman–Crippen MR) is 80.4 cm³/mol. The van der Waals surface area contributed by atoms with Gasteiger partial charge in [0, 0.05) is 18.3 Å². The Morgan fingerprint density at radius 3 is 2.68 bits per heavy atom. The van der Waals surface area contributed by atoms with E-state index in [9.17, 15) is 0 Å². The zero-order chi connectivity index (χ0) is 13.9. The van der Waals surface area contributed by atoms with Crippen LogP contribution in [0, 0.1) is 5.41 Å². The van der Waals surface area contributed by atoms with Crippen LogP contribution in [0.3, 0.4) is 0 Å². The maximum atomic E-state index is 4.65. The number of nitrogens with one attached hydrogen (secondary N) is 1. The van der Waals surface area contributed by atoms with Crippen LogP contribution in [0.1, 0.15) is 58.3 Å². The summed E-state index contributed by atoms with van der Waals surface area (Å²) in [6.45, 7) is 11.2. The van der Waals surface area contributed by atoms with Crippen molar-refractivity contribution in [2.24, 2.45) is 5.41 Å². The molecule has 0 radical (unpaired) electrons. The molecular formula is C16H29N3. The number of aryl methyl sites for hydroxylation is 2. The first-order valence-electron chi connectivity index (χ1n) is 7.83. The van der Waals surface area contributed by atoms with Crippen LogP contribution in [0.5, 0.6) is 0 Å². The van der Waals surface area contributed by atoms with Gasteiger partial charge in [0.1, 0.15) is 0 Å². The lowest BCUT2D eigenvalue weighted by atomic mass is 9.84. The van der Waals surface area contributed by atoms with Gasteiger partial charge in [0.15, 0.2) is 0 Å². The standard InChI is InChI=1S/C16H29N3/c1-5-13-11-15(19(6-2)18-13)12-16(3,4)9-10-17-14-7-8-14/h11,14,17H,5-10,12H2,1-4H3. The molecule has 2 rings (SSSR count). The molecule has 1 heterocycles. The van der Waals surface area contributed by atoms with E-state index >= 15 is 0 Å². The fourth-order valence-corrected chi connectivity index (χ4v) is 2.58. The van der Waals surface area contributed by atoms with E-state index in [0.717, 1.165) is 32.0 Å². The lowest BCUT2D eigenvalue weighted by molar-refractivity contribution is 0.315. The molecule has 1 aromatic heterocycles. The van der Waals surface area contributed by atoms with Crippen molar-refractivity contribution in [3.05, 3.63) is 17.5 Å². The van der Waals surface area contributed by atoms with Crippen LogP contribution in [0.25, 0.3) is 0 Å². The molecule has 108 valence electrons. The van der Waals surface area contributed by atoms with Crippen LogP contribution in [-0.2, 0) is 19.4 Å². The van der Waals surface area contributed by atoms with Gasteiger partial charge in [-0.25, -0.2) is 0 Å². The number of rotatable bonds is 8. The smallest absolute Gasteiger partial charge is 0.0624 e. The Hall–Kier alpha value is -0.830. The Bertz CT molecular complexity index is 402. The molecule has 1 N–H and O–H groups in total. The molecule has 3 nitrogen and oxygen atoms in total. The molecule has 1 aromatic rings. The molecule has 1 fully saturated rings. The fourth-order valence-electron chi connectivity index (χ4n) is 2.58. The second-order valence-corrected chi connectivity index (χ2v) is 6.62. The summed E-state index contributed by atoms with van der Waals surface area (Å²) in [6, 6.07) is 3.11. The van der Waals surface area contributed by atoms with Gasteiger partial charge in [-0.15, -0.1) is 0 Å². The van der Waals surface area contributed by atoms with Crippen molar-refractivity contribution >= 4 is 0 Å². The molecule has 1 aliphatic rings. The lowest BCUT2D eigenvalue weighted by Crippen LogP contribution is -2.26. The third-order valence-electron chi connectivity index (χ3n) is 4.05. The van der Waals surface area contributed by atoms with Crippen LogP contribution in [0.2, 0.25) is 0 Å². The maximum Gasteiger partial charge on any atom is 0.0624 e. The normalized spacial score (nSPS) is 16.0. The van der Waals surface area contributed by atoms with E-state index in [2.05, 4.69) is 48.9 Å². The molecular weight excluding hydrogens is 234 g/mol. The molecule has 1 saturated carbocycles. The van der Waals surface area contributed by atoms with E-state index in [-0.39, 0.29) is 0 Å². The van der Waals surface area contributed by atoms with Crippen molar-refractivity contribution in [2.75, 3.05) is 6.54 Å². The van der Waals surface area contributed by atoms with Crippen LogP contribution in [0.15, 0.2) is 6.07 Å². The van der Waals surface area contributed by atoms with Gasteiger partial charge in [-0.3, -0.25) is 4.68 Å². The number of aromatic nitrogens is 2. The summed E-state index contributed by atoms with van der Waals surface area (Å²) in [4.78, 5) is 0. The molecule has 0 bridgehead atoms. The SMILES string of the molecule is CCc1cc(CC(C)(C)CCNC2CC2)n(CC)n1. The van der Waals surface area contributed by atoms with E-state index in [1.807, 2.05) is 0 Å². The van der Waals surface area contributed by atoms with Crippen molar-refractivity contribution in [3.8, 4) is 0 Å². The minimum absolute atomic E-state index is 0.347. The summed E-state index contributed by atoms with van der Waals surface area (Å²) < 4.78 is 2.18. The van der Waals surface area contributed by atoms with E-state index in [4.69, 9.17) is 0 Å². The van der Waals surface area contributed by atoms with Crippen molar-refractivity contribution in [3.63, 3.8) is 0 Å². The van der Waals surface area contributed by atoms with Crippen molar-refractivity contribution < 1.29 is 0 Å². The molecule has 0 saturated heterocycles. The Kier molecular flexibility index (Phi) is 4.67. The molecule has 3 heteroatoms. The molecule has 0 unspecified atom stereocenters. The molecule has 0 atom stereocenters. The molecule has 19 heavy (non-hydrogen) atoms. The van der Waals surface area contributed by atoms with Crippen LogP contribution >= 0.6 is 0 Å². The second-order valence-electron chi connectivity index (χ2n) is 6.62. The van der Waals surface area contributed by atoms with Gasteiger partial charge in [-0.1, -0.05) is 20.8 Å². The van der Waals surface area contributed by atoms with Crippen molar-refractivity contribution in [1.82, 2.24) is 15.1 Å². The van der Waals surface area contributed by atoms with Crippen LogP contribution in [0.4, 0.5) is 0 Å². The quantitative estimate of drug-likeness (QED) is 0.780. The summed E-state index contributed by atoms with van der Waals surface area (Å²) in [5.41, 5.74) is 2.97. The third-order valence-corrected chi connectivity index (χ3v) is 4.05. The minimum Gasteiger partial charge on any atom is -0.314 e. The summed E-state index contributed by atoms with van der Waals surface area (Å²) in [7, 11) is 0. The van der Waals surface area contributed by atoms with Gasteiger partial charge in [0.05, 0.1) is 5.69 Å². The Morgan fingerprint density at radius 2 is 2.11 bits per heavy atom. The first-order chi connectivity index (χ1) is 9.04. The Morgan fingerprint density at radius 1 is 1.37 bits per heavy atom. The molecule has 0 aliphatic heterocycles. The second kappa shape index (κ2) is 6.08. The maximum absolute atomic E-state index is 4.65. The minimum atomic E-state index is 0.347. The molecule has 1 aliphatic carbocycles. The molecule has 0 spiro atoms. The lowest BCUT2D eigenvalue weighted by Gasteiger charge is -2.25. The highest BCUT2D eigenvalue weighted by Gasteiger charge is 2.24. The van der Waals surface area contributed by atoms with Crippen molar-refractivity contribution in [1.29, 1.82) is 0 Å². The summed E-state index contributed by atoms with van der Waals surface area (Å²) in [6.07, 6.45) is 6.15. The van der Waals surface area contributed by atoms with Gasteiger partial charge in [0.25, 0.3) is 0 Å². The van der Waals surface area contributed by atoms with Gasteiger partial charge < -0.3 is 5.32 Å². The average Bonchev–Trinajstić information content (AvgIpc) is 3.09.